The SMILES string of the molecule is C[C@H](c1nc2ccccc2c(=O)[nH]1)N1CCN(S(=O)(=O)c2ccccc2)CC1. The van der Waals surface area contributed by atoms with E-state index >= 15 is 0 Å². The second-order valence-corrected chi connectivity index (χ2v) is 8.84. The first-order valence-electron chi connectivity index (χ1n) is 9.25. The second-order valence-electron chi connectivity index (χ2n) is 6.90. The lowest BCUT2D eigenvalue weighted by Gasteiger charge is -2.36. The van der Waals surface area contributed by atoms with Gasteiger partial charge in [0.05, 0.1) is 21.8 Å². The molecule has 28 heavy (non-hydrogen) atoms. The lowest BCUT2D eigenvalue weighted by Crippen LogP contribution is -2.49. The maximum Gasteiger partial charge on any atom is 0.258 e. The van der Waals surface area contributed by atoms with E-state index in [1.54, 1.807) is 36.4 Å². The zero-order chi connectivity index (χ0) is 19.7. The summed E-state index contributed by atoms with van der Waals surface area (Å²) in [6, 6.07) is 15.6. The average Bonchev–Trinajstić information content (AvgIpc) is 2.74. The molecular weight excluding hydrogens is 376 g/mol. The Bertz CT molecular complexity index is 1140. The van der Waals surface area contributed by atoms with Gasteiger partial charge in [0.2, 0.25) is 10.0 Å². The van der Waals surface area contributed by atoms with Crippen LogP contribution >= 0.6 is 0 Å². The van der Waals surface area contributed by atoms with Crippen LogP contribution in [0.1, 0.15) is 18.8 Å². The summed E-state index contributed by atoms with van der Waals surface area (Å²) in [4.78, 5) is 22.3. The molecule has 146 valence electrons. The number of para-hydroxylation sites is 1. The Labute approximate surface area is 163 Å². The van der Waals surface area contributed by atoms with Gasteiger partial charge in [0.1, 0.15) is 5.82 Å². The highest BCUT2D eigenvalue weighted by atomic mass is 32.2. The quantitative estimate of drug-likeness (QED) is 0.726. The standard InChI is InChI=1S/C20H22N4O3S/c1-15(19-21-18-10-6-5-9-17(18)20(25)22-19)23-11-13-24(14-12-23)28(26,27)16-7-3-2-4-8-16/h2-10,15H,11-14H2,1H3,(H,21,22,25)/t15-/m1/s1. The van der Waals surface area contributed by atoms with E-state index < -0.39 is 10.0 Å². The number of nitrogens with zero attached hydrogens (tertiary/aromatic N) is 3. The molecule has 1 fully saturated rings. The van der Waals surface area contributed by atoms with Gasteiger partial charge in [0.15, 0.2) is 0 Å². The molecule has 0 aliphatic carbocycles. The Morgan fingerprint density at radius 2 is 1.61 bits per heavy atom. The number of piperazine rings is 1. The first kappa shape index (κ1) is 18.8. The molecule has 1 aliphatic rings. The highest BCUT2D eigenvalue weighted by molar-refractivity contribution is 7.89. The fourth-order valence-corrected chi connectivity index (χ4v) is 4.99. The molecule has 1 aromatic heterocycles. The predicted molar refractivity (Wildman–Crippen MR) is 108 cm³/mol. The molecule has 0 radical (unpaired) electrons. The van der Waals surface area contributed by atoms with Crippen molar-refractivity contribution < 1.29 is 8.42 Å². The topological polar surface area (TPSA) is 86.4 Å². The van der Waals surface area contributed by atoms with E-state index in [1.165, 1.54) is 4.31 Å². The van der Waals surface area contributed by atoms with Gasteiger partial charge in [-0.15, -0.1) is 0 Å². The average molecular weight is 398 g/mol. The third-order valence-electron chi connectivity index (χ3n) is 5.23. The molecule has 4 rings (SSSR count). The monoisotopic (exact) mass is 398 g/mol. The molecule has 0 spiro atoms. The second kappa shape index (κ2) is 7.46. The van der Waals surface area contributed by atoms with Gasteiger partial charge in [-0.25, -0.2) is 13.4 Å². The third-order valence-corrected chi connectivity index (χ3v) is 7.14. The van der Waals surface area contributed by atoms with Crippen LogP contribution in [0.4, 0.5) is 0 Å². The van der Waals surface area contributed by atoms with Crippen molar-refractivity contribution in [3.05, 3.63) is 70.8 Å². The highest BCUT2D eigenvalue weighted by Crippen LogP contribution is 2.22. The van der Waals surface area contributed by atoms with Crippen LogP contribution in [0.5, 0.6) is 0 Å². The highest BCUT2D eigenvalue weighted by Gasteiger charge is 2.30. The number of rotatable bonds is 4. The minimum Gasteiger partial charge on any atom is -0.309 e. The summed E-state index contributed by atoms with van der Waals surface area (Å²) in [5.41, 5.74) is 0.510. The van der Waals surface area contributed by atoms with Gasteiger partial charge in [0, 0.05) is 26.2 Å². The fourth-order valence-electron chi connectivity index (χ4n) is 3.55. The summed E-state index contributed by atoms with van der Waals surface area (Å²) in [6.07, 6.45) is 0. The zero-order valence-corrected chi connectivity index (χ0v) is 16.4. The molecule has 0 unspecified atom stereocenters. The summed E-state index contributed by atoms with van der Waals surface area (Å²) < 4.78 is 27.1. The molecule has 1 N–H and O–H groups in total. The molecule has 1 aliphatic heterocycles. The van der Waals surface area contributed by atoms with Gasteiger partial charge in [-0.3, -0.25) is 9.69 Å². The minimum absolute atomic E-state index is 0.112. The Morgan fingerprint density at radius 1 is 0.964 bits per heavy atom. The lowest BCUT2D eigenvalue weighted by atomic mass is 10.2. The minimum atomic E-state index is -3.48. The van der Waals surface area contributed by atoms with Crippen molar-refractivity contribution in [2.45, 2.75) is 17.9 Å². The molecule has 1 saturated heterocycles. The number of nitrogens with one attached hydrogen (secondary N) is 1. The largest absolute Gasteiger partial charge is 0.309 e. The first-order valence-corrected chi connectivity index (χ1v) is 10.7. The van der Waals surface area contributed by atoms with Gasteiger partial charge in [0.25, 0.3) is 5.56 Å². The lowest BCUT2D eigenvalue weighted by molar-refractivity contribution is 0.141. The van der Waals surface area contributed by atoms with E-state index in [-0.39, 0.29) is 11.6 Å². The molecule has 7 nitrogen and oxygen atoms in total. The van der Waals surface area contributed by atoms with Gasteiger partial charge in [-0.1, -0.05) is 30.3 Å². The summed E-state index contributed by atoms with van der Waals surface area (Å²) in [5, 5.41) is 0.567. The van der Waals surface area contributed by atoms with E-state index in [9.17, 15) is 13.2 Å². The number of sulfonamides is 1. The third kappa shape index (κ3) is 3.46. The van der Waals surface area contributed by atoms with E-state index in [1.807, 2.05) is 25.1 Å². The summed E-state index contributed by atoms with van der Waals surface area (Å²) in [6.45, 7) is 3.93. The number of fused-ring (bicyclic) bond motifs is 1. The van der Waals surface area contributed by atoms with Crippen molar-refractivity contribution in [2.24, 2.45) is 0 Å². The Morgan fingerprint density at radius 3 is 2.32 bits per heavy atom. The normalized spacial score (nSPS) is 17.6. The Kier molecular flexibility index (Phi) is 5.01. The van der Waals surface area contributed by atoms with Crippen LogP contribution in [0.3, 0.4) is 0 Å². The van der Waals surface area contributed by atoms with Crippen LogP contribution in [-0.4, -0.2) is 53.8 Å². The molecule has 0 saturated carbocycles. The molecular formula is C20H22N4O3S. The van der Waals surface area contributed by atoms with Crippen LogP contribution in [0.2, 0.25) is 0 Å². The summed E-state index contributed by atoms with van der Waals surface area (Å²) in [7, 11) is -3.48. The van der Waals surface area contributed by atoms with Crippen molar-refractivity contribution in [1.82, 2.24) is 19.2 Å². The maximum atomic E-state index is 12.8. The Balaban J connectivity index is 1.50. The van der Waals surface area contributed by atoms with Gasteiger partial charge >= 0.3 is 0 Å². The van der Waals surface area contributed by atoms with Crippen LogP contribution in [0.25, 0.3) is 10.9 Å². The molecule has 2 aromatic carbocycles. The number of hydrogen-bond donors (Lipinski definition) is 1. The Hall–Kier alpha value is -2.55. The smallest absolute Gasteiger partial charge is 0.258 e. The van der Waals surface area contributed by atoms with Crippen molar-refractivity contribution >= 4 is 20.9 Å². The van der Waals surface area contributed by atoms with Crippen LogP contribution in [0, 0.1) is 0 Å². The number of aromatic nitrogens is 2. The zero-order valence-electron chi connectivity index (χ0n) is 15.6. The van der Waals surface area contributed by atoms with Crippen molar-refractivity contribution in [2.75, 3.05) is 26.2 Å². The van der Waals surface area contributed by atoms with E-state index in [0.717, 1.165) is 0 Å². The summed E-state index contributed by atoms with van der Waals surface area (Å²) in [5.74, 6) is 0.600. The first-order chi connectivity index (χ1) is 13.5. The fraction of sp³-hybridized carbons (Fsp3) is 0.300. The molecule has 0 bridgehead atoms. The van der Waals surface area contributed by atoms with Crippen molar-refractivity contribution in [3.63, 3.8) is 0 Å². The van der Waals surface area contributed by atoms with Crippen molar-refractivity contribution in [3.8, 4) is 0 Å². The number of hydrogen-bond acceptors (Lipinski definition) is 5. The van der Waals surface area contributed by atoms with Crippen LogP contribution in [0.15, 0.2) is 64.3 Å². The maximum absolute atomic E-state index is 12.8. The molecule has 8 heteroatoms. The molecule has 3 aromatic rings. The van der Waals surface area contributed by atoms with Crippen LogP contribution < -0.4 is 5.56 Å². The predicted octanol–water partition coefficient (Wildman–Crippen LogP) is 1.99. The van der Waals surface area contributed by atoms with E-state index in [2.05, 4.69) is 14.9 Å². The van der Waals surface area contributed by atoms with Crippen LogP contribution in [-0.2, 0) is 10.0 Å². The summed E-state index contributed by atoms with van der Waals surface area (Å²) >= 11 is 0. The van der Waals surface area contributed by atoms with Gasteiger partial charge in [-0.05, 0) is 31.2 Å². The molecule has 2 heterocycles. The van der Waals surface area contributed by atoms with E-state index in [4.69, 9.17) is 0 Å². The van der Waals surface area contributed by atoms with E-state index in [0.29, 0.717) is 47.8 Å². The number of H-pyrrole nitrogens is 1. The van der Waals surface area contributed by atoms with Gasteiger partial charge < -0.3 is 4.98 Å². The number of aromatic amines is 1. The van der Waals surface area contributed by atoms with Gasteiger partial charge in [-0.2, -0.15) is 4.31 Å². The van der Waals surface area contributed by atoms with Crippen molar-refractivity contribution in [1.29, 1.82) is 0 Å². The molecule has 1 atom stereocenters. The molecule has 0 amide bonds. The number of benzene rings is 2.